The van der Waals surface area contributed by atoms with E-state index >= 15 is 0 Å². The zero-order valence-electron chi connectivity index (χ0n) is 10.7. The summed E-state index contributed by atoms with van der Waals surface area (Å²) in [6.45, 7) is 0. The van der Waals surface area contributed by atoms with Crippen LogP contribution < -0.4 is 14.8 Å². The minimum Gasteiger partial charge on any atom is -0.493 e. The van der Waals surface area contributed by atoms with Gasteiger partial charge in [-0.3, -0.25) is 4.79 Å². The first-order valence-corrected chi connectivity index (χ1v) is 5.69. The molecule has 19 heavy (non-hydrogen) atoms. The number of benzene rings is 1. The SMILES string of the molecule is COc1ccc(C(=O)Nc2ccccn2)cc1OC. The normalized spacial score (nSPS) is 9.79. The summed E-state index contributed by atoms with van der Waals surface area (Å²) in [5.74, 6) is 1.34. The van der Waals surface area contributed by atoms with Crippen LogP contribution in [0.2, 0.25) is 0 Å². The van der Waals surface area contributed by atoms with Crippen molar-refractivity contribution in [1.82, 2.24) is 4.98 Å². The number of hydrogen-bond donors (Lipinski definition) is 1. The summed E-state index contributed by atoms with van der Waals surface area (Å²) in [5, 5.41) is 2.70. The summed E-state index contributed by atoms with van der Waals surface area (Å²) < 4.78 is 10.3. The molecule has 0 aliphatic rings. The van der Waals surface area contributed by atoms with Gasteiger partial charge in [0.05, 0.1) is 14.2 Å². The number of rotatable bonds is 4. The van der Waals surface area contributed by atoms with Gasteiger partial charge in [-0.1, -0.05) is 6.07 Å². The second-order valence-corrected chi connectivity index (χ2v) is 3.74. The van der Waals surface area contributed by atoms with Crippen LogP contribution in [0.4, 0.5) is 5.82 Å². The van der Waals surface area contributed by atoms with Gasteiger partial charge in [0.1, 0.15) is 5.82 Å². The third-order valence-electron chi connectivity index (χ3n) is 2.55. The maximum absolute atomic E-state index is 12.0. The van der Waals surface area contributed by atoms with Gasteiger partial charge < -0.3 is 14.8 Å². The van der Waals surface area contributed by atoms with Crippen LogP contribution in [0.25, 0.3) is 0 Å². The van der Waals surface area contributed by atoms with Crippen LogP contribution in [0.5, 0.6) is 11.5 Å². The van der Waals surface area contributed by atoms with E-state index in [1.165, 1.54) is 7.11 Å². The second kappa shape index (κ2) is 5.86. The number of amides is 1. The molecule has 2 rings (SSSR count). The summed E-state index contributed by atoms with van der Waals surface area (Å²) in [6, 6.07) is 10.3. The van der Waals surface area contributed by atoms with Crippen molar-refractivity contribution in [3.63, 3.8) is 0 Å². The highest BCUT2D eigenvalue weighted by atomic mass is 16.5. The van der Waals surface area contributed by atoms with E-state index in [1.54, 1.807) is 49.7 Å². The molecule has 0 spiro atoms. The lowest BCUT2D eigenvalue weighted by Gasteiger charge is -2.09. The lowest BCUT2D eigenvalue weighted by molar-refractivity contribution is 0.102. The fourth-order valence-corrected chi connectivity index (χ4v) is 1.60. The number of nitrogens with zero attached hydrogens (tertiary/aromatic N) is 1. The van der Waals surface area contributed by atoms with Crippen LogP contribution in [0.1, 0.15) is 10.4 Å². The highest BCUT2D eigenvalue weighted by Crippen LogP contribution is 2.27. The molecule has 0 saturated carbocycles. The molecule has 1 heterocycles. The van der Waals surface area contributed by atoms with Crippen LogP contribution in [-0.2, 0) is 0 Å². The van der Waals surface area contributed by atoms with E-state index in [-0.39, 0.29) is 5.91 Å². The van der Waals surface area contributed by atoms with Gasteiger partial charge in [-0.2, -0.15) is 0 Å². The van der Waals surface area contributed by atoms with Crippen molar-refractivity contribution in [3.8, 4) is 11.5 Å². The molecule has 0 radical (unpaired) electrons. The molecule has 5 nitrogen and oxygen atoms in total. The highest BCUT2D eigenvalue weighted by molar-refractivity contribution is 6.04. The summed E-state index contributed by atoms with van der Waals surface area (Å²) in [5.41, 5.74) is 0.475. The summed E-state index contributed by atoms with van der Waals surface area (Å²) in [7, 11) is 3.07. The van der Waals surface area contributed by atoms with E-state index in [0.717, 1.165) is 0 Å². The molecule has 1 aromatic heterocycles. The van der Waals surface area contributed by atoms with Crippen molar-refractivity contribution in [3.05, 3.63) is 48.2 Å². The van der Waals surface area contributed by atoms with Crippen LogP contribution in [0, 0.1) is 0 Å². The van der Waals surface area contributed by atoms with E-state index in [0.29, 0.717) is 22.9 Å². The van der Waals surface area contributed by atoms with Gasteiger partial charge in [-0.15, -0.1) is 0 Å². The Kier molecular flexibility index (Phi) is 3.97. The molecular weight excluding hydrogens is 244 g/mol. The van der Waals surface area contributed by atoms with Crippen molar-refractivity contribution in [2.45, 2.75) is 0 Å². The highest BCUT2D eigenvalue weighted by Gasteiger charge is 2.11. The molecule has 0 aliphatic carbocycles. The predicted octanol–water partition coefficient (Wildman–Crippen LogP) is 2.35. The monoisotopic (exact) mass is 258 g/mol. The number of nitrogens with one attached hydrogen (secondary N) is 1. The fraction of sp³-hybridized carbons (Fsp3) is 0.143. The molecule has 2 aromatic rings. The fourth-order valence-electron chi connectivity index (χ4n) is 1.60. The molecule has 0 saturated heterocycles. The van der Waals surface area contributed by atoms with Crippen molar-refractivity contribution in [2.24, 2.45) is 0 Å². The molecule has 1 amide bonds. The molecule has 98 valence electrons. The minimum absolute atomic E-state index is 0.250. The lowest BCUT2D eigenvalue weighted by atomic mass is 10.2. The number of carbonyl (C=O) groups excluding carboxylic acids is 1. The average Bonchev–Trinajstić information content (AvgIpc) is 2.47. The van der Waals surface area contributed by atoms with Crippen LogP contribution in [0.3, 0.4) is 0 Å². The van der Waals surface area contributed by atoms with E-state index in [4.69, 9.17) is 9.47 Å². The number of hydrogen-bond acceptors (Lipinski definition) is 4. The first kappa shape index (κ1) is 12.9. The molecule has 0 aliphatic heterocycles. The maximum atomic E-state index is 12.0. The quantitative estimate of drug-likeness (QED) is 0.914. The van der Waals surface area contributed by atoms with Crippen molar-refractivity contribution >= 4 is 11.7 Å². The van der Waals surface area contributed by atoms with Crippen molar-refractivity contribution in [1.29, 1.82) is 0 Å². The zero-order valence-corrected chi connectivity index (χ0v) is 10.7. The topological polar surface area (TPSA) is 60.5 Å². The first-order chi connectivity index (χ1) is 9.24. The molecule has 5 heteroatoms. The Morgan fingerprint density at radius 3 is 2.53 bits per heavy atom. The molecule has 0 bridgehead atoms. The van der Waals surface area contributed by atoms with E-state index in [2.05, 4.69) is 10.3 Å². The first-order valence-electron chi connectivity index (χ1n) is 5.69. The smallest absolute Gasteiger partial charge is 0.256 e. The molecular formula is C14H14N2O3. The Morgan fingerprint density at radius 1 is 1.11 bits per heavy atom. The third kappa shape index (κ3) is 3.01. The van der Waals surface area contributed by atoms with Gasteiger partial charge in [0.25, 0.3) is 5.91 Å². The number of aromatic nitrogens is 1. The number of carbonyl (C=O) groups is 1. The van der Waals surface area contributed by atoms with Crippen molar-refractivity contribution < 1.29 is 14.3 Å². The van der Waals surface area contributed by atoms with Crippen molar-refractivity contribution in [2.75, 3.05) is 19.5 Å². The minimum atomic E-state index is -0.250. The summed E-state index contributed by atoms with van der Waals surface area (Å²) >= 11 is 0. The van der Waals surface area contributed by atoms with Gasteiger partial charge >= 0.3 is 0 Å². The summed E-state index contributed by atoms with van der Waals surface area (Å²) in [6.07, 6.45) is 1.62. The Balaban J connectivity index is 2.20. The number of pyridine rings is 1. The van der Waals surface area contributed by atoms with E-state index < -0.39 is 0 Å². The standard InChI is InChI=1S/C14H14N2O3/c1-18-11-7-6-10(9-12(11)19-2)14(17)16-13-5-3-4-8-15-13/h3-9H,1-2H3,(H,15,16,17). The zero-order chi connectivity index (χ0) is 13.7. The van der Waals surface area contributed by atoms with Crippen LogP contribution >= 0.6 is 0 Å². The Labute approximate surface area is 111 Å². The van der Waals surface area contributed by atoms with Gasteiger partial charge in [0.15, 0.2) is 11.5 Å². The Hall–Kier alpha value is -2.56. The maximum Gasteiger partial charge on any atom is 0.256 e. The number of anilines is 1. The molecule has 0 unspecified atom stereocenters. The van der Waals surface area contributed by atoms with E-state index in [9.17, 15) is 4.79 Å². The summed E-state index contributed by atoms with van der Waals surface area (Å²) in [4.78, 5) is 16.1. The number of methoxy groups -OCH3 is 2. The van der Waals surface area contributed by atoms with Gasteiger partial charge in [0.2, 0.25) is 0 Å². The van der Waals surface area contributed by atoms with Gasteiger partial charge in [-0.25, -0.2) is 4.98 Å². The second-order valence-electron chi connectivity index (χ2n) is 3.74. The van der Waals surface area contributed by atoms with E-state index in [1.807, 2.05) is 0 Å². The van der Waals surface area contributed by atoms with Crippen LogP contribution in [0.15, 0.2) is 42.6 Å². The average molecular weight is 258 g/mol. The lowest BCUT2D eigenvalue weighted by Crippen LogP contribution is -2.12. The van der Waals surface area contributed by atoms with Gasteiger partial charge in [0, 0.05) is 11.8 Å². The molecule has 0 fully saturated rings. The Morgan fingerprint density at radius 2 is 1.89 bits per heavy atom. The predicted molar refractivity (Wildman–Crippen MR) is 71.7 cm³/mol. The number of ether oxygens (including phenoxy) is 2. The van der Waals surface area contributed by atoms with Gasteiger partial charge in [-0.05, 0) is 30.3 Å². The third-order valence-corrected chi connectivity index (χ3v) is 2.55. The Bertz CT molecular complexity index is 570. The largest absolute Gasteiger partial charge is 0.493 e. The molecule has 1 N–H and O–H groups in total. The van der Waals surface area contributed by atoms with Crippen LogP contribution in [-0.4, -0.2) is 25.1 Å². The molecule has 1 aromatic carbocycles. The molecule has 0 atom stereocenters.